The molecule has 2 rings (SSSR count). The van der Waals surface area contributed by atoms with Crippen LogP contribution in [0.2, 0.25) is 0 Å². The van der Waals surface area contributed by atoms with Crippen LogP contribution in [0.15, 0.2) is 35.4 Å². The first-order valence-corrected chi connectivity index (χ1v) is 5.40. The minimum atomic E-state index is -1.56. The van der Waals surface area contributed by atoms with Gasteiger partial charge in [-0.05, 0) is 29.8 Å². The summed E-state index contributed by atoms with van der Waals surface area (Å²) < 4.78 is 52.4. The van der Waals surface area contributed by atoms with E-state index in [2.05, 4.69) is 5.10 Å². The van der Waals surface area contributed by atoms with Gasteiger partial charge in [0.05, 0.1) is 6.21 Å². The Kier molecular flexibility index (Phi) is 3.88. The molecule has 0 amide bonds. The third-order valence-corrected chi connectivity index (χ3v) is 2.39. The summed E-state index contributed by atoms with van der Waals surface area (Å²) >= 11 is 0. The fourth-order valence-corrected chi connectivity index (χ4v) is 1.40. The second-order valence-corrected chi connectivity index (χ2v) is 3.80. The Balaban J connectivity index is 2.21. The molecule has 0 heterocycles. The maximum atomic E-state index is 13.3. The number of rotatable bonds is 3. The highest BCUT2D eigenvalue weighted by molar-refractivity contribution is 5.80. The van der Waals surface area contributed by atoms with Gasteiger partial charge in [-0.25, -0.2) is 17.6 Å². The molecule has 0 aliphatic carbocycles. The van der Waals surface area contributed by atoms with Crippen molar-refractivity contribution >= 4 is 11.9 Å². The summed E-state index contributed by atoms with van der Waals surface area (Å²) in [5.74, 6) is -6.13. The van der Waals surface area contributed by atoms with E-state index in [0.717, 1.165) is 0 Å². The standard InChI is InChI=1S/C13H8F4N2O/c14-9-5-10(15)12(17)13(11(9)16)19-18-6-7-1-3-8(20)4-2-7/h1-6,19-20H/b18-6-. The van der Waals surface area contributed by atoms with Crippen LogP contribution in [0.1, 0.15) is 5.56 Å². The van der Waals surface area contributed by atoms with Crippen molar-refractivity contribution in [3.8, 4) is 5.75 Å². The van der Waals surface area contributed by atoms with Gasteiger partial charge in [-0.3, -0.25) is 5.43 Å². The molecule has 0 aliphatic rings. The van der Waals surface area contributed by atoms with Crippen molar-refractivity contribution in [1.82, 2.24) is 0 Å². The zero-order valence-electron chi connectivity index (χ0n) is 9.87. The quantitative estimate of drug-likeness (QED) is 0.393. The fraction of sp³-hybridized carbons (Fsp3) is 0. The van der Waals surface area contributed by atoms with Gasteiger partial charge in [0.25, 0.3) is 0 Å². The van der Waals surface area contributed by atoms with E-state index in [1.165, 1.54) is 30.5 Å². The average molecular weight is 284 g/mol. The van der Waals surface area contributed by atoms with Crippen LogP contribution in [-0.4, -0.2) is 11.3 Å². The number of halogens is 4. The van der Waals surface area contributed by atoms with Crippen LogP contribution in [0.3, 0.4) is 0 Å². The highest BCUT2D eigenvalue weighted by Gasteiger charge is 2.18. The number of benzene rings is 2. The normalized spacial score (nSPS) is 11.0. The molecule has 0 unspecified atom stereocenters. The molecular weight excluding hydrogens is 276 g/mol. The molecule has 2 N–H and O–H groups in total. The van der Waals surface area contributed by atoms with Gasteiger partial charge in [0.1, 0.15) is 11.4 Å². The third kappa shape index (κ3) is 2.87. The van der Waals surface area contributed by atoms with Gasteiger partial charge in [-0.2, -0.15) is 5.10 Å². The van der Waals surface area contributed by atoms with Crippen molar-refractivity contribution in [2.75, 3.05) is 5.43 Å². The Morgan fingerprint density at radius 2 is 1.50 bits per heavy atom. The van der Waals surface area contributed by atoms with Crippen molar-refractivity contribution in [3.63, 3.8) is 0 Å². The maximum absolute atomic E-state index is 13.3. The molecule has 0 aromatic heterocycles. The predicted octanol–water partition coefficient (Wildman–Crippen LogP) is 3.39. The van der Waals surface area contributed by atoms with E-state index in [9.17, 15) is 17.6 Å². The smallest absolute Gasteiger partial charge is 0.186 e. The van der Waals surface area contributed by atoms with Gasteiger partial charge >= 0.3 is 0 Å². The summed E-state index contributed by atoms with van der Waals surface area (Å²) in [6.07, 6.45) is 1.17. The fourth-order valence-electron chi connectivity index (χ4n) is 1.40. The van der Waals surface area contributed by atoms with Gasteiger partial charge in [0.15, 0.2) is 23.3 Å². The van der Waals surface area contributed by atoms with Crippen LogP contribution in [0.5, 0.6) is 5.75 Å². The Hall–Kier alpha value is -2.57. The molecule has 104 valence electrons. The number of aromatic hydroxyl groups is 1. The molecule has 0 saturated heterocycles. The molecule has 2 aromatic carbocycles. The van der Waals surface area contributed by atoms with Crippen molar-refractivity contribution < 1.29 is 22.7 Å². The minimum absolute atomic E-state index is 0.0411. The molecule has 3 nitrogen and oxygen atoms in total. The van der Waals surface area contributed by atoms with Crippen molar-refractivity contribution in [2.45, 2.75) is 0 Å². The first kappa shape index (κ1) is 13.9. The van der Waals surface area contributed by atoms with E-state index in [1.54, 1.807) is 0 Å². The molecule has 7 heteroatoms. The molecule has 0 radical (unpaired) electrons. The van der Waals surface area contributed by atoms with Gasteiger partial charge in [0, 0.05) is 6.07 Å². The number of hydrogen-bond donors (Lipinski definition) is 2. The summed E-state index contributed by atoms with van der Waals surface area (Å²) in [6, 6.07) is 5.84. The molecule has 0 saturated carbocycles. The summed E-state index contributed by atoms with van der Waals surface area (Å²) in [7, 11) is 0. The van der Waals surface area contributed by atoms with Crippen molar-refractivity contribution in [2.24, 2.45) is 5.10 Å². The van der Waals surface area contributed by atoms with Gasteiger partial charge in [0.2, 0.25) is 0 Å². The number of nitrogens with zero attached hydrogens (tertiary/aromatic N) is 1. The Morgan fingerprint density at radius 3 is 2.05 bits per heavy atom. The second kappa shape index (κ2) is 5.60. The van der Waals surface area contributed by atoms with E-state index in [4.69, 9.17) is 5.11 Å². The zero-order chi connectivity index (χ0) is 14.7. The largest absolute Gasteiger partial charge is 0.508 e. The van der Waals surface area contributed by atoms with E-state index >= 15 is 0 Å². The zero-order valence-corrected chi connectivity index (χ0v) is 9.87. The van der Waals surface area contributed by atoms with Gasteiger partial charge in [-0.1, -0.05) is 0 Å². The summed E-state index contributed by atoms with van der Waals surface area (Å²) in [6.45, 7) is 0. The molecule has 2 aromatic rings. The van der Waals surface area contributed by atoms with Crippen LogP contribution in [0, 0.1) is 23.3 Å². The first-order chi connectivity index (χ1) is 9.49. The number of anilines is 1. The lowest BCUT2D eigenvalue weighted by atomic mass is 10.2. The highest BCUT2D eigenvalue weighted by atomic mass is 19.2. The lowest BCUT2D eigenvalue weighted by Crippen LogP contribution is -2.02. The topological polar surface area (TPSA) is 44.6 Å². The molecule has 20 heavy (non-hydrogen) atoms. The summed E-state index contributed by atoms with van der Waals surface area (Å²) in [4.78, 5) is 0. The predicted molar refractivity (Wildman–Crippen MR) is 65.6 cm³/mol. The van der Waals surface area contributed by atoms with Crippen molar-refractivity contribution in [3.05, 3.63) is 59.2 Å². The minimum Gasteiger partial charge on any atom is -0.508 e. The van der Waals surface area contributed by atoms with E-state index < -0.39 is 29.0 Å². The first-order valence-electron chi connectivity index (χ1n) is 5.40. The summed E-state index contributed by atoms with van der Waals surface area (Å²) in [5, 5.41) is 12.5. The van der Waals surface area contributed by atoms with Crippen LogP contribution < -0.4 is 5.43 Å². The molecule has 0 aliphatic heterocycles. The molecule has 0 spiro atoms. The van der Waals surface area contributed by atoms with Crippen LogP contribution in [-0.2, 0) is 0 Å². The van der Waals surface area contributed by atoms with Crippen molar-refractivity contribution in [1.29, 1.82) is 0 Å². The number of nitrogens with one attached hydrogen (secondary N) is 1. The van der Waals surface area contributed by atoms with E-state index in [0.29, 0.717) is 5.56 Å². The second-order valence-electron chi connectivity index (χ2n) is 3.80. The monoisotopic (exact) mass is 284 g/mol. The lowest BCUT2D eigenvalue weighted by molar-refractivity contribution is 0.458. The summed E-state index contributed by atoms with van der Waals surface area (Å²) in [5.41, 5.74) is 1.39. The SMILES string of the molecule is Oc1ccc(/C=N\Nc2c(F)c(F)cc(F)c2F)cc1. The van der Waals surface area contributed by atoms with Gasteiger partial charge in [-0.15, -0.1) is 0 Å². The number of phenols is 1. The Morgan fingerprint density at radius 1 is 0.950 bits per heavy atom. The molecule has 0 atom stereocenters. The lowest BCUT2D eigenvalue weighted by Gasteiger charge is -2.05. The highest BCUT2D eigenvalue weighted by Crippen LogP contribution is 2.24. The van der Waals surface area contributed by atoms with Gasteiger partial charge < -0.3 is 5.11 Å². The Labute approximate surface area is 111 Å². The Bertz CT molecular complexity index is 630. The number of phenolic OH excluding ortho intramolecular Hbond substituents is 1. The van der Waals surface area contributed by atoms with E-state index in [1.807, 2.05) is 5.43 Å². The third-order valence-electron chi connectivity index (χ3n) is 2.39. The number of hydrogen-bond acceptors (Lipinski definition) is 3. The average Bonchev–Trinajstić information content (AvgIpc) is 2.42. The van der Waals surface area contributed by atoms with Crippen LogP contribution in [0.25, 0.3) is 0 Å². The van der Waals surface area contributed by atoms with Crippen LogP contribution >= 0.6 is 0 Å². The molecular formula is C13H8F4N2O. The maximum Gasteiger partial charge on any atom is 0.186 e. The van der Waals surface area contributed by atoms with Crippen LogP contribution in [0.4, 0.5) is 23.2 Å². The number of hydrazone groups is 1. The molecule has 0 bridgehead atoms. The molecule has 0 fully saturated rings. The van der Waals surface area contributed by atoms with E-state index in [-0.39, 0.29) is 11.8 Å².